The third kappa shape index (κ3) is 3.43. The van der Waals surface area contributed by atoms with Crippen LogP contribution in [0.5, 0.6) is 0 Å². The van der Waals surface area contributed by atoms with Crippen molar-refractivity contribution in [2.45, 2.75) is 72.1 Å². The Morgan fingerprint density at radius 3 is 2.76 bits per heavy atom. The Labute approximate surface area is 174 Å². The van der Waals surface area contributed by atoms with Gasteiger partial charge in [-0.3, -0.25) is 14.4 Å². The van der Waals surface area contributed by atoms with Gasteiger partial charge in [0.15, 0.2) is 5.78 Å². The fourth-order valence-corrected chi connectivity index (χ4v) is 6.97. The SMILES string of the molecule is CCCCC(=O)OC[C@H]1CC(=O)C2CCC3C(CCC4=CC(=O)C=C(C)C43C)C21. The highest BCUT2D eigenvalue weighted by Crippen LogP contribution is 2.62. The number of carbonyl (C=O) groups excluding carboxylic acids is 3. The van der Waals surface area contributed by atoms with Gasteiger partial charge in [0.1, 0.15) is 5.78 Å². The first-order valence-electron chi connectivity index (χ1n) is 11.5. The van der Waals surface area contributed by atoms with E-state index in [-0.39, 0.29) is 29.0 Å². The molecule has 4 rings (SSSR count). The third-order valence-corrected chi connectivity index (χ3v) is 8.53. The lowest BCUT2D eigenvalue weighted by Gasteiger charge is -2.55. The number of ether oxygens (including phenoxy) is 1. The molecule has 3 fully saturated rings. The van der Waals surface area contributed by atoms with Gasteiger partial charge in [-0.15, -0.1) is 0 Å². The smallest absolute Gasteiger partial charge is 0.305 e. The van der Waals surface area contributed by atoms with Crippen LogP contribution in [0.4, 0.5) is 0 Å². The number of rotatable bonds is 5. The first-order valence-corrected chi connectivity index (χ1v) is 11.5. The van der Waals surface area contributed by atoms with Crippen LogP contribution in [0, 0.1) is 35.0 Å². The van der Waals surface area contributed by atoms with Gasteiger partial charge in [0, 0.05) is 30.1 Å². The van der Waals surface area contributed by atoms with Crippen molar-refractivity contribution in [1.29, 1.82) is 0 Å². The zero-order valence-corrected chi connectivity index (χ0v) is 18.0. The Kier molecular flexibility index (Phi) is 5.56. The molecule has 0 amide bonds. The summed E-state index contributed by atoms with van der Waals surface area (Å²) in [7, 11) is 0. The molecule has 3 saturated carbocycles. The predicted molar refractivity (Wildman–Crippen MR) is 111 cm³/mol. The topological polar surface area (TPSA) is 60.4 Å². The number of fused-ring (bicyclic) bond motifs is 5. The molecule has 0 bridgehead atoms. The molecule has 6 atom stereocenters. The van der Waals surface area contributed by atoms with Gasteiger partial charge in [0.2, 0.25) is 0 Å². The predicted octanol–water partition coefficient (Wildman–Crippen LogP) is 4.82. The Balaban J connectivity index is 1.54. The number of ketones is 2. The van der Waals surface area contributed by atoms with Gasteiger partial charge in [-0.05, 0) is 68.9 Å². The maximum atomic E-state index is 12.8. The highest BCUT2D eigenvalue weighted by atomic mass is 16.5. The Hall–Kier alpha value is -1.71. The Bertz CT molecular complexity index is 776. The van der Waals surface area contributed by atoms with E-state index in [1.807, 2.05) is 12.2 Å². The highest BCUT2D eigenvalue weighted by Gasteiger charge is 2.57. The number of esters is 1. The maximum absolute atomic E-state index is 12.8. The summed E-state index contributed by atoms with van der Waals surface area (Å²) in [5, 5.41) is 0. The van der Waals surface area contributed by atoms with Gasteiger partial charge in [-0.1, -0.05) is 31.4 Å². The van der Waals surface area contributed by atoms with E-state index >= 15 is 0 Å². The average molecular weight is 399 g/mol. The maximum Gasteiger partial charge on any atom is 0.305 e. The summed E-state index contributed by atoms with van der Waals surface area (Å²) in [6.07, 6.45) is 10.5. The summed E-state index contributed by atoms with van der Waals surface area (Å²) in [5.41, 5.74) is 2.41. The molecule has 158 valence electrons. The molecule has 4 aliphatic carbocycles. The van der Waals surface area contributed by atoms with Crippen LogP contribution in [-0.2, 0) is 19.1 Å². The number of hydrogen-bond donors (Lipinski definition) is 0. The van der Waals surface area contributed by atoms with Crippen LogP contribution < -0.4 is 0 Å². The largest absolute Gasteiger partial charge is 0.465 e. The van der Waals surface area contributed by atoms with Crippen molar-refractivity contribution < 1.29 is 19.1 Å². The molecular formula is C25H34O4. The van der Waals surface area contributed by atoms with Crippen molar-refractivity contribution in [2.75, 3.05) is 6.61 Å². The molecule has 5 unspecified atom stereocenters. The summed E-state index contributed by atoms with van der Waals surface area (Å²) < 4.78 is 5.61. The lowest BCUT2D eigenvalue weighted by atomic mass is 9.49. The summed E-state index contributed by atoms with van der Waals surface area (Å²) in [4.78, 5) is 36.9. The van der Waals surface area contributed by atoms with Crippen molar-refractivity contribution in [3.8, 4) is 0 Å². The van der Waals surface area contributed by atoms with Crippen LogP contribution in [0.1, 0.15) is 72.1 Å². The first-order chi connectivity index (χ1) is 13.9. The zero-order chi connectivity index (χ0) is 20.8. The van der Waals surface area contributed by atoms with Crippen molar-refractivity contribution in [2.24, 2.45) is 35.0 Å². The minimum absolute atomic E-state index is 0.0597. The van der Waals surface area contributed by atoms with Crippen LogP contribution in [0.15, 0.2) is 23.3 Å². The first kappa shape index (κ1) is 20.6. The molecule has 0 heterocycles. The van der Waals surface area contributed by atoms with E-state index in [1.165, 1.54) is 11.1 Å². The molecule has 0 aliphatic heterocycles. The van der Waals surface area contributed by atoms with E-state index in [2.05, 4.69) is 20.8 Å². The van der Waals surface area contributed by atoms with Crippen molar-refractivity contribution in [3.63, 3.8) is 0 Å². The zero-order valence-electron chi connectivity index (χ0n) is 18.0. The van der Waals surface area contributed by atoms with Gasteiger partial charge in [0.05, 0.1) is 6.61 Å². The average Bonchev–Trinajstić information content (AvgIpc) is 3.02. The van der Waals surface area contributed by atoms with Gasteiger partial charge < -0.3 is 4.74 Å². The lowest BCUT2D eigenvalue weighted by molar-refractivity contribution is -0.146. The van der Waals surface area contributed by atoms with E-state index < -0.39 is 0 Å². The number of carbonyl (C=O) groups is 3. The lowest BCUT2D eigenvalue weighted by Crippen LogP contribution is -2.49. The molecule has 0 aromatic carbocycles. The summed E-state index contributed by atoms with van der Waals surface area (Å²) in [6.45, 7) is 6.87. The molecule has 4 heteroatoms. The van der Waals surface area contributed by atoms with Crippen molar-refractivity contribution in [3.05, 3.63) is 23.3 Å². The molecular weight excluding hydrogens is 364 g/mol. The molecule has 0 aromatic rings. The van der Waals surface area contributed by atoms with Crippen LogP contribution in [-0.4, -0.2) is 24.1 Å². The van der Waals surface area contributed by atoms with Crippen LogP contribution in [0.3, 0.4) is 0 Å². The van der Waals surface area contributed by atoms with E-state index in [0.29, 0.717) is 43.0 Å². The van der Waals surface area contributed by atoms with Crippen molar-refractivity contribution in [1.82, 2.24) is 0 Å². The number of Topliss-reactive ketones (excluding diaryl/α,β-unsaturated/α-hetero) is 1. The normalized spacial score (nSPS) is 38.5. The van der Waals surface area contributed by atoms with Crippen molar-refractivity contribution >= 4 is 17.5 Å². The molecule has 0 N–H and O–H groups in total. The molecule has 4 aliphatic rings. The third-order valence-electron chi connectivity index (χ3n) is 8.53. The van der Waals surface area contributed by atoms with Crippen LogP contribution in [0.2, 0.25) is 0 Å². The van der Waals surface area contributed by atoms with Crippen LogP contribution >= 0.6 is 0 Å². The number of allylic oxidation sites excluding steroid dienone is 4. The van der Waals surface area contributed by atoms with Gasteiger partial charge >= 0.3 is 5.97 Å². The van der Waals surface area contributed by atoms with Gasteiger partial charge in [-0.25, -0.2) is 0 Å². The minimum atomic E-state index is -0.125. The molecule has 0 spiro atoms. The summed E-state index contributed by atoms with van der Waals surface area (Å²) >= 11 is 0. The van der Waals surface area contributed by atoms with Gasteiger partial charge in [-0.2, -0.15) is 0 Å². The van der Waals surface area contributed by atoms with E-state index in [4.69, 9.17) is 4.74 Å². The summed E-state index contributed by atoms with van der Waals surface area (Å²) in [5.74, 6) is 1.93. The van der Waals surface area contributed by atoms with E-state index in [9.17, 15) is 14.4 Å². The summed E-state index contributed by atoms with van der Waals surface area (Å²) in [6, 6.07) is 0. The number of hydrogen-bond acceptors (Lipinski definition) is 4. The molecule has 4 nitrogen and oxygen atoms in total. The Morgan fingerprint density at radius 1 is 1.21 bits per heavy atom. The second kappa shape index (κ2) is 7.85. The quantitative estimate of drug-likeness (QED) is 0.623. The van der Waals surface area contributed by atoms with E-state index in [0.717, 1.165) is 38.5 Å². The highest BCUT2D eigenvalue weighted by molar-refractivity contribution is 6.02. The van der Waals surface area contributed by atoms with Crippen LogP contribution in [0.25, 0.3) is 0 Å². The standard InChI is InChI=1S/C25H34O4/c1-4-5-6-23(28)29-14-16-12-22(27)20-9-10-21-19(24(16)20)8-7-17-13-18(26)11-15(2)25(17,21)3/h11,13,16,19-21,24H,4-10,12,14H2,1-3H3/t16-,19?,20?,21?,24?,25?/m1/s1. The second-order valence-electron chi connectivity index (χ2n) is 9.89. The number of unbranched alkanes of at least 4 members (excludes halogenated alkanes) is 1. The fraction of sp³-hybridized carbons (Fsp3) is 0.720. The Morgan fingerprint density at radius 2 is 2.00 bits per heavy atom. The molecule has 0 aromatic heterocycles. The minimum Gasteiger partial charge on any atom is -0.465 e. The van der Waals surface area contributed by atoms with Gasteiger partial charge in [0.25, 0.3) is 0 Å². The second-order valence-corrected chi connectivity index (χ2v) is 9.89. The molecule has 0 saturated heterocycles. The van der Waals surface area contributed by atoms with E-state index in [1.54, 1.807) is 0 Å². The fourth-order valence-electron chi connectivity index (χ4n) is 6.97. The molecule has 29 heavy (non-hydrogen) atoms. The molecule has 0 radical (unpaired) electrons. The monoisotopic (exact) mass is 398 g/mol.